The van der Waals surface area contributed by atoms with Crippen LogP contribution in [0.1, 0.15) is 16.1 Å². The summed E-state index contributed by atoms with van der Waals surface area (Å²) in [7, 11) is 1.55. The molecule has 0 saturated heterocycles. The van der Waals surface area contributed by atoms with E-state index in [0.29, 0.717) is 22.6 Å². The van der Waals surface area contributed by atoms with Gasteiger partial charge in [-0.2, -0.15) is 0 Å². The van der Waals surface area contributed by atoms with Gasteiger partial charge in [0.2, 0.25) is 5.69 Å². The minimum Gasteiger partial charge on any atom is -0.497 e. The first-order valence-electron chi connectivity index (χ1n) is 10.3. The van der Waals surface area contributed by atoms with Crippen molar-refractivity contribution in [2.24, 2.45) is 0 Å². The summed E-state index contributed by atoms with van der Waals surface area (Å²) in [6.45, 7) is 0.197. The quantitative estimate of drug-likeness (QED) is 0.303. The molecule has 0 aliphatic heterocycles. The molecule has 0 aliphatic rings. The predicted molar refractivity (Wildman–Crippen MR) is 123 cm³/mol. The van der Waals surface area contributed by atoms with E-state index in [1.807, 2.05) is 0 Å². The van der Waals surface area contributed by atoms with Gasteiger partial charge in [-0.25, -0.2) is 9.48 Å². The SMILES string of the molecule is COc1ccc(Cn2nnc(C(=O)O)c2Oc2ccc(-c3ccc(OC(F)(F)F)c(Cl)c3)cc2)cc1. The lowest BCUT2D eigenvalue weighted by atomic mass is 10.1. The van der Waals surface area contributed by atoms with Crippen LogP contribution in [0.25, 0.3) is 11.1 Å². The van der Waals surface area contributed by atoms with E-state index in [1.54, 1.807) is 55.6 Å². The van der Waals surface area contributed by atoms with Crippen LogP contribution in [0.4, 0.5) is 13.2 Å². The Morgan fingerprint density at radius 1 is 1.00 bits per heavy atom. The average molecular weight is 520 g/mol. The number of halogens is 4. The highest BCUT2D eigenvalue weighted by Crippen LogP contribution is 2.35. The monoisotopic (exact) mass is 519 g/mol. The van der Waals surface area contributed by atoms with E-state index in [-0.39, 0.29) is 23.1 Å². The molecule has 0 unspecified atom stereocenters. The van der Waals surface area contributed by atoms with Crippen LogP contribution in [0.5, 0.6) is 23.1 Å². The Kier molecular flexibility index (Phi) is 7.02. The summed E-state index contributed by atoms with van der Waals surface area (Å²) in [5.74, 6) is -0.917. The molecule has 12 heteroatoms. The van der Waals surface area contributed by atoms with E-state index in [0.717, 1.165) is 11.6 Å². The van der Waals surface area contributed by atoms with Gasteiger partial charge < -0.3 is 19.3 Å². The van der Waals surface area contributed by atoms with Gasteiger partial charge in [0.15, 0.2) is 0 Å². The molecule has 0 atom stereocenters. The molecule has 1 N–H and O–H groups in total. The van der Waals surface area contributed by atoms with Gasteiger partial charge in [-0.3, -0.25) is 0 Å². The number of methoxy groups -OCH3 is 1. The molecular weight excluding hydrogens is 503 g/mol. The highest BCUT2D eigenvalue weighted by atomic mass is 35.5. The van der Waals surface area contributed by atoms with Crippen molar-refractivity contribution in [2.45, 2.75) is 12.9 Å². The van der Waals surface area contributed by atoms with Crippen LogP contribution >= 0.6 is 11.6 Å². The number of alkyl halides is 3. The fourth-order valence-corrected chi connectivity index (χ4v) is 3.48. The molecule has 4 rings (SSSR count). The number of aromatic carboxylic acids is 1. The Morgan fingerprint density at radius 2 is 1.64 bits per heavy atom. The lowest BCUT2D eigenvalue weighted by molar-refractivity contribution is -0.274. The third-order valence-corrected chi connectivity index (χ3v) is 5.24. The number of aromatic nitrogens is 3. The number of nitrogens with zero attached hydrogens (tertiary/aromatic N) is 3. The van der Waals surface area contributed by atoms with Crippen molar-refractivity contribution < 1.29 is 37.3 Å². The molecule has 0 fully saturated rings. The number of benzene rings is 3. The van der Waals surface area contributed by atoms with Gasteiger partial charge in [0.25, 0.3) is 5.88 Å². The van der Waals surface area contributed by atoms with E-state index in [4.69, 9.17) is 21.1 Å². The van der Waals surface area contributed by atoms with Gasteiger partial charge in [-0.15, -0.1) is 18.3 Å². The second-order valence-electron chi connectivity index (χ2n) is 7.37. The summed E-state index contributed by atoms with van der Waals surface area (Å²) in [5.41, 5.74) is 1.62. The Balaban J connectivity index is 1.55. The first kappa shape index (κ1) is 24.9. The Bertz CT molecular complexity index is 1370. The summed E-state index contributed by atoms with van der Waals surface area (Å²) in [6, 6.07) is 17.4. The lowest BCUT2D eigenvalue weighted by Crippen LogP contribution is -2.17. The summed E-state index contributed by atoms with van der Waals surface area (Å²) >= 11 is 5.93. The van der Waals surface area contributed by atoms with Gasteiger partial charge in [0.05, 0.1) is 18.7 Å². The second-order valence-corrected chi connectivity index (χ2v) is 7.78. The fraction of sp³-hybridized carbons (Fsp3) is 0.125. The van der Waals surface area contributed by atoms with Crippen LogP contribution in [0.15, 0.2) is 66.7 Å². The van der Waals surface area contributed by atoms with Gasteiger partial charge in [0.1, 0.15) is 17.2 Å². The maximum Gasteiger partial charge on any atom is 0.573 e. The number of carboxylic acids is 1. The molecule has 3 aromatic carbocycles. The van der Waals surface area contributed by atoms with Gasteiger partial charge in [0, 0.05) is 0 Å². The second kappa shape index (κ2) is 10.2. The van der Waals surface area contributed by atoms with Crippen molar-refractivity contribution in [1.82, 2.24) is 15.0 Å². The van der Waals surface area contributed by atoms with Crippen molar-refractivity contribution in [3.8, 4) is 34.3 Å². The molecule has 1 heterocycles. The van der Waals surface area contributed by atoms with Crippen LogP contribution < -0.4 is 14.2 Å². The van der Waals surface area contributed by atoms with E-state index in [1.165, 1.54) is 16.8 Å². The highest BCUT2D eigenvalue weighted by molar-refractivity contribution is 6.32. The molecule has 0 saturated carbocycles. The lowest BCUT2D eigenvalue weighted by Gasteiger charge is -2.12. The smallest absolute Gasteiger partial charge is 0.497 e. The summed E-state index contributed by atoms with van der Waals surface area (Å²) in [5, 5.41) is 16.9. The number of carbonyl (C=O) groups is 1. The van der Waals surface area contributed by atoms with E-state index in [2.05, 4.69) is 15.0 Å². The first-order chi connectivity index (χ1) is 17.1. The molecular formula is C24H17ClF3N3O5. The minimum atomic E-state index is -4.85. The van der Waals surface area contributed by atoms with E-state index >= 15 is 0 Å². The number of carboxylic acid groups (broad SMARTS) is 1. The van der Waals surface area contributed by atoms with Gasteiger partial charge >= 0.3 is 12.3 Å². The summed E-state index contributed by atoms with van der Waals surface area (Å²) in [6.07, 6.45) is -4.85. The van der Waals surface area contributed by atoms with E-state index in [9.17, 15) is 23.1 Å². The normalized spacial score (nSPS) is 11.2. The number of rotatable bonds is 8. The zero-order valence-corrected chi connectivity index (χ0v) is 19.2. The van der Waals surface area contributed by atoms with Crippen molar-refractivity contribution in [3.63, 3.8) is 0 Å². The van der Waals surface area contributed by atoms with Crippen molar-refractivity contribution >= 4 is 17.6 Å². The van der Waals surface area contributed by atoms with Crippen molar-refractivity contribution in [1.29, 1.82) is 0 Å². The maximum atomic E-state index is 12.5. The fourth-order valence-electron chi connectivity index (χ4n) is 3.26. The van der Waals surface area contributed by atoms with Crippen molar-refractivity contribution in [3.05, 3.63) is 83.0 Å². The summed E-state index contributed by atoms with van der Waals surface area (Å²) in [4.78, 5) is 11.6. The predicted octanol–water partition coefficient (Wildman–Crippen LogP) is 6.04. The highest BCUT2D eigenvalue weighted by Gasteiger charge is 2.32. The minimum absolute atomic E-state index is 0.0669. The first-order valence-corrected chi connectivity index (χ1v) is 10.6. The number of hydrogen-bond acceptors (Lipinski definition) is 6. The Hall–Kier alpha value is -4.25. The molecule has 36 heavy (non-hydrogen) atoms. The Morgan fingerprint density at radius 3 is 2.22 bits per heavy atom. The zero-order chi connectivity index (χ0) is 25.9. The van der Waals surface area contributed by atoms with Gasteiger partial charge in [-0.1, -0.05) is 47.1 Å². The molecule has 4 aromatic rings. The third-order valence-electron chi connectivity index (χ3n) is 4.94. The zero-order valence-electron chi connectivity index (χ0n) is 18.5. The molecule has 0 bridgehead atoms. The molecule has 186 valence electrons. The number of hydrogen-bond donors (Lipinski definition) is 1. The Labute approximate surface area is 207 Å². The number of ether oxygens (including phenoxy) is 3. The third kappa shape index (κ3) is 5.87. The molecule has 0 radical (unpaired) electrons. The average Bonchev–Trinajstić information content (AvgIpc) is 3.23. The molecule has 0 amide bonds. The topological polar surface area (TPSA) is 95.7 Å². The molecule has 1 aromatic heterocycles. The van der Waals surface area contributed by atoms with Gasteiger partial charge in [-0.05, 0) is 53.1 Å². The van der Waals surface area contributed by atoms with E-state index < -0.39 is 18.1 Å². The van der Waals surface area contributed by atoms with Crippen LogP contribution in [0, 0.1) is 0 Å². The standard InChI is InChI=1S/C24H17ClF3N3O5/c1-34-17-7-2-14(3-8-17)13-31-22(21(23(32)33)29-30-31)35-18-9-4-15(5-10-18)16-6-11-20(19(25)12-16)36-24(26,27)28/h2-12H,13H2,1H3,(H,32,33). The molecule has 0 aliphatic carbocycles. The van der Waals surface area contributed by atoms with Crippen LogP contribution in [0.3, 0.4) is 0 Å². The largest absolute Gasteiger partial charge is 0.573 e. The molecule has 8 nitrogen and oxygen atoms in total. The summed E-state index contributed by atoms with van der Waals surface area (Å²) < 4.78 is 53.5. The maximum absolute atomic E-state index is 12.5. The van der Waals surface area contributed by atoms with Crippen molar-refractivity contribution in [2.75, 3.05) is 7.11 Å². The van der Waals surface area contributed by atoms with Crippen LogP contribution in [0.2, 0.25) is 5.02 Å². The molecule has 0 spiro atoms. The van der Waals surface area contributed by atoms with Crippen LogP contribution in [-0.2, 0) is 6.54 Å². The van der Waals surface area contributed by atoms with Crippen LogP contribution in [-0.4, -0.2) is 39.5 Å².